The van der Waals surface area contributed by atoms with Gasteiger partial charge in [-0.3, -0.25) is 24.0 Å². The van der Waals surface area contributed by atoms with Crippen molar-refractivity contribution >= 4 is 35.6 Å². The van der Waals surface area contributed by atoms with Crippen LogP contribution in [0.15, 0.2) is 0 Å². The molecule has 0 aromatic rings. The van der Waals surface area contributed by atoms with Gasteiger partial charge in [0.25, 0.3) is 0 Å². The molecule has 0 saturated heterocycles. The standard InChI is InChI=1S/C19H33N5O8/c1-4-9(2)15(24-16(28)10(3)20)18(30)22-11(5-7-13(21)25)17(29)23-12(19(31)32)6-8-14(26)27/h9-12,15H,4-8,20H2,1-3H3,(H2,21,25)(H,22,30)(H,23,29)(H,24,28)(H,26,27)(H,31,32). The van der Waals surface area contributed by atoms with Crippen molar-refractivity contribution in [3.8, 4) is 0 Å². The predicted octanol–water partition coefficient (Wildman–Crippen LogP) is -1.95. The Morgan fingerprint density at radius 3 is 1.78 bits per heavy atom. The van der Waals surface area contributed by atoms with E-state index in [0.29, 0.717) is 6.42 Å². The fourth-order valence-corrected chi connectivity index (χ4v) is 2.60. The number of hydrogen-bond donors (Lipinski definition) is 7. The third kappa shape index (κ3) is 10.7. The van der Waals surface area contributed by atoms with Gasteiger partial charge in [0.1, 0.15) is 18.1 Å². The van der Waals surface area contributed by atoms with E-state index in [1.807, 2.05) is 0 Å². The van der Waals surface area contributed by atoms with E-state index < -0.39 is 66.2 Å². The minimum atomic E-state index is -1.52. The van der Waals surface area contributed by atoms with Crippen molar-refractivity contribution < 1.29 is 39.0 Å². The van der Waals surface area contributed by atoms with Gasteiger partial charge in [0, 0.05) is 12.8 Å². The lowest BCUT2D eigenvalue weighted by atomic mass is 9.97. The average molecular weight is 460 g/mol. The molecule has 32 heavy (non-hydrogen) atoms. The Balaban J connectivity index is 5.55. The number of carboxylic acid groups (broad SMARTS) is 2. The molecule has 0 rings (SSSR count). The van der Waals surface area contributed by atoms with Gasteiger partial charge in [-0.25, -0.2) is 4.79 Å². The second kappa shape index (κ2) is 14.0. The van der Waals surface area contributed by atoms with E-state index >= 15 is 0 Å². The lowest BCUT2D eigenvalue weighted by Gasteiger charge is -2.27. The molecule has 0 aliphatic carbocycles. The smallest absolute Gasteiger partial charge is 0.326 e. The van der Waals surface area contributed by atoms with Crippen LogP contribution in [0.5, 0.6) is 0 Å². The zero-order valence-corrected chi connectivity index (χ0v) is 18.4. The number of carboxylic acids is 2. The van der Waals surface area contributed by atoms with Crippen LogP contribution in [0.3, 0.4) is 0 Å². The number of primary amides is 1. The number of nitrogens with two attached hydrogens (primary N) is 2. The molecule has 4 amide bonds. The lowest BCUT2D eigenvalue weighted by molar-refractivity contribution is -0.143. The van der Waals surface area contributed by atoms with Crippen LogP contribution >= 0.6 is 0 Å². The van der Waals surface area contributed by atoms with Crippen molar-refractivity contribution in [1.82, 2.24) is 16.0 Å². The molecular weight excluding hydrogens is 426 g/mol. The van der Waals surface area contributed by atoms with E-state index in [2.05, 4.69) is 16.0 Å². The summed E-state index contributed by atoms with van der Waals surface area (Å²) in [5.41, 5.74) is 10.7. The van der Waals surface area contributed by atoms with Gasteiger partial charge in [0.15, 0.2) is 0 Å². The fraction of sp³-hybridized carbons (Fsp3) is 0.684. The maximum atomic E-state index is 12.8. The lowest BCUT2D eigenvalue weighted by Crippen LogP contribution is -2.58. The van der Waals surface area contributed by atoms with Crippen molar-refractivity contribution in [3.63, 3.8) is 0 Å². The Hall–Kier alpha value is -3.22. The Bertz CT molecular complexity index is 712. The van der Waals surface area contributed by atoms with Gasteiger partial charge in [-0.15, -0.1) is 0 Å². The van der Waals surface area contributed by atoms with Gasteiger partial charge < -0.3 is 37.6 Å². The van der Waals surface area contributed by atoms with Gasteiger partial charge >= 0.3 is 11.9 Å². The molecule has 0 saturated carbocycles. The van der Waals surface area contributed by atoms with Crippen LogP contribution in [0.4, 0.5) is 0 Å². The maximum absolute atomic E-state index is 12.8. The molecule has 0 radical (unpaired) electrons. The number of aliphatic carboxylic acids is 2. The molecule has 0 aliphatic rings. The van der Waals surface area contributed by atoms with Crippen LogP contribution in [0, 0.1) is 5.92 Å². The second-order valence-corrected chi connectivity index (χ2v) is 7.56. The highest BCUT2D eigenvalue weighted by Crippen LogP contribution is 2.10. The summed E-state index contributed by atoms with van der Waals surface area (Å²) in [6.07, 6.45) is -0.897. The highest BCUT2D eigenvalue weighted by Gasteiger charge is 2.32. The van der Waals surface area contributed by atoms with E-state index in [1.165, 1.54) is 6.92 Å². The minimum Gasteiger partial charge on any atom is -0.481 e. The summed E-state index contributed by atoms with van der Waals surface area (Å²) >= 11 is 0. The molecule has 5 unspecified atom stereocenters. The minimum absolute atomic E-state index is 0.230. The third-order valence-corrected chi connectivity index (χ3v) is 4.78. The van der Waals surface area contributed by atoms with Gasteiger partial charge in [0.05, 0.1) is 6.04 Å². The number of carbonyl (C=O) groups excluding carboxylic acids is 4. The highest BCUT2D eigenvalue weighted by atomic mass is 16.4. The molecule has 182 valence electrons. The molecule has 9 N–H and O–H groups in total. The zero-order valence-electron chi connectivity index (χ0n) is 18.4. The van der Waals surface area contributed by atoms with E-state index in [1.54, 1.807) is 13.8 Å². The summed E-state index contributed by atoms with van der Waals surface area (Å²) in [5, 5.41) is 25.1. The molecular formula is C19H33N5O8. The largest absolute Gasteiger partial charge is 0.481 e. The van der Waals surface area contributed by atoms with Gasteiger partial charge in [-0.05, 0) is 25.7 Å². The molecule has 13 nitrogen and oxygen atoms in total. The van der Waals surface area contributed by atoms with E-state index in [-0.39, 0.29) is 25.2 Å². The Labute approximate surface area is 185 Å². The van der Waals surface area contributed by atoms with Crippen molar-refractivity contribution in [2.45, 2.75) is 77.0 Å². The number of carbonyl (C=O) groups is 6. The second-order valence-electron chi connectivity index (χ2n) is 7.56. The van der Waals surface area contributed by atoms with Crippen molar-refractivity contribution in [2.75, 3.05) is 0 Å². The van der Waals surface area contributed by atoms with Crippen LogP contribution in [-0.2, 0) is 28.8 Å². The molecule has 0 spiro atoms. The van der Waals surface area contributed by atoms with Gasteiger partial charge in [-0.1, -0.05) is 20.3 Å². The topological polar surface area (TPSA) is 231 Å². The first kappa shape index (κ1) is 28.8. The molecule has 0 aliphatic heterocycles. The van der Waals surface area contributed by atoms with E-state index in [9.17, 15) is 33.9 Å². The average Bonchev–Trinajstić information content (AvgIpc) is 2.70. The number of nitrogens with one attached hydrogen (secondary N) is 3. The molecule has 0 bridgehead atoms. The first-order valence-electron chi connectivity index (χ1n) is 10.2. The van der Waals surface area contributed by atoms with Gasteiger partial charge in [0.2, 0.25) is 23.6 Å². The van der Waals surface area contributed by atoms with Crippen molar-refractivity contribution in [2.24, 2.45) is 17.4 Å². The Kier molecular flexibility index (Phi) is 12.6. The molecule has 13 heteroatoms. The molecule has 5 atom stereocenters. The zero-order chi connectivity index (χ0) is 25.0. The summed E-state index contributed by atoms with van der Waals surface area (Å²) in [6, 6.07) is -4.78. The third-order valence-electron chi connectivity index (χ3n) is 4.78. The summed E-state index contributed by atoms with van der Waals surface area (Å²) in [5.74, 6) is -6.02. The first-order chi connectivity index (χ1) is 14.8. The van der Waals surface area contributed by atoms with Crippen molar-refractivity contribution in [3.05, 3.63) is 0 Å². The SMILES string of the molecule is CCC(C)C(NC(=O)C(C)N)C(=O)NC(CCC(N)=O)C(=O)NC(CCC(=O)O)C(=O)O. The summed E-state index contributed by atoms with van der Waals surface area (Å²) in [4.78, 5) is 70.7. The molecule has 0 aromatic carbocycles. The normalized spacial score (nSPS) is 15.4. The maximum Gasteiger partial charge on any atom is 0.326 e. The highest BCUT2D eigenvalue weighted by molar-refractivity contribution is 5.94. The number of hydrogen-bond acceptors (Lipinski definition) is 7. The monoisotopic (exact) mass is 459 g/mol. The summed E-state index contributed by atoms with van der Waals surface area (Å²) in [7, 11) is 0. The summed E-state index contributed by atoms with van der Waals surface area (Å²) < 4.78 is 0. The Morgan fingerprint density at radius 1 is 0.812 bits per heavy atom. The van der Waals surface area contributed by atoms with E-state index in [4.69, 9.17) is 16.6 Å². The first-order valence-corrected chi connectivity index (χ1v) is 10.2. The van der Waals surface area contributed by atoms with Crippen LogP contribution < -0.4 is 27.4 Å². The number of amides is 4. The fourth-order valence-electron chi connectivity index (χ4n) is 2.60. The van der Waals surface area contributed by atoms with Crippen LogP contribution in [-0.4, -0.2) is 69.9 Å². The number of rotatable bonds is 15. The quantitative estimate of drug-likeness (QED) is 0.144. The predicted molar refractivity (Wildman–Crippen MR) is 112 cm³/mol. The van der Waals surface area contributed by atoms with Crippen LogP contribution in [0.1, 0.15) is 52.9 Å². The Morgan fingerprint density at radius 2 is 1.34 bits per heavy atom. The summed E-state index contributed by atoms with van der Waals surface area (Å²) in [6.45, 7) is 4.93. The molecule has 0 heterocycles. The molecule has 0 aromatic heterocycles. The van der Waals surface area contributed by atoms with Gasteiger partial charge in [-0.2, -0.15) is 0 Å². The van der Waals surface area contributed by atoms with Crippen LogP contribution in [0.25, 0.3) is 0 Å². The van der Waals surface area contributed by atoms with Crippen molar-refractivity contribution in [1.29, 1.82) is 0 Å². The molecule has 0 fully saturated rings. The van der Waals surface area contributed by atoms with E-state index in [0.717, 1.165) is 0 Å². The van der Waals surface area contributed by atoms with Crippen LogP contribution in [0.2, 0.25) is 0 Å².